The summed E-state index contributed by atoms with van der Waals surface area (Å²) in [4.78, 5) is 40.2. The van der Waals surface area contributed by atoms with E-state index in [9.17, 15) is 22.8 Å². The average molecular weight is 516 g/mol. The normalized spacial score (nSPS) is 15.7. The quantitative estimate of drug-likeness (QED) is 0.492. The molecule has 194 valence electrons. The Morgan fingerprint density at radius 3 is 2.50 bits per heavy atom. The number of hydrogen-bond acceptors (Lipinski definition) is 6. The third kappa shape index (κ3) is 5.87. The molecule has 1 aliphatic heterocycles. The number of ether oxygens (including phenoxy) is 1. The molecular formula is C26H33N3O6S. The number of carbonyl (C=O) groups is 3. The molecule has 36 heavy (non-hydrogen) atoms. The Morgan fingerprint density at radius 1 is 1.11 bits per heavy atom. The van der Waals surface area contributed by atoms with Gasteiger partial charge < -0.3 is 15.0 Å². The van der Waals surface area contributed by atoms with E-state index in [-0.39, 0.29) is 54.2 Å². The highest BCUT2D eigenvalue weighted by molar-refractivity contribution is 7.90. The van der Waals surface area contributed by atoms with E-state index in [1.54, 1.807) is 38.3 Å². The molecule has 0 aromatic heterocycles. The lowest BCUT2D eigenvalue weighted by Gasteiger charge is -2.30. The molecule has 0 fully saturated rings. The van der Waals surface area contributed by atoms with Gasteiger partial charge in [0.15, 0.2) is 0 Å². The van der Waals surface area contributed by atoms with Gasteiger partial charge in [0.05, 0.1) is 12.7 Å². The number of nitrogens with one attached hydrogen (secondary N) is 1. The molecule has 0 spiro atoms. The molecule has 2 atom stereocenters. The highest BCUT2D eigenvalue weighted by Gasteiger charge is 2.40. The highest BCUT2D eigenvalue weighted by Crippen LogP contribution is 2.30. The number of methoxy groups -OCH3 is 1. The van der Waals surface area contributed by atoms with Crippen LogP contribution in [0.25, 0.3) is 0 Å². The maximum Gasteiger partial charge on any atom is 0.269 e. The Kier molecular flexibility index (Phi) is 8.73. The van der Waals surface area contributed by atoms with Crippen molar-refractivity contribution >= 4 is 27.7 Å². The zero-order valence-electron chi connectivity index (χ0n) is 21.1. The van der Waals surface area contributed by atoms with Crippen LogP contribution < -0.4 is 10.1 Å². The minimum atomic E-state index is -3.94. The molecule has 2 aromatic carbocycles. The lowest BCUT2D eigenvalue weighted by molar-refractivity contribution is -0.141. The van der Waals surface area contributed by atoms with Gasteiger partial charge in [-0.2, -0.15) is 0 Å². The minimum Gasteiger partial charge on any atom is -0.497 e. The number of carbonyl (C=O) groups excluding carboxylic acids is 3. The molecule has 3 amide bonds. The standard InChI is InChI=1S/C26H33N3O6S/c1-5-18(2)27-25(31)19(3)28(17-20-10-8-11-21(16-20)35-4)24(30)14-9-15-29-26(32)22-12-6-7-13-23(22)36(29,33)34/h6-8,10-13,16,18-19H,5,9,14-15,17H2,1-4H3,(H,27,31). The van der Waals surface area contributed by atoms with E-state index in [1.165, 1.54) is 17.0 Å². The van der Waals surface area contributed by atoms with Crippen LogP contribution in [-0.2, 0) is 26.2 Å². The third-order valence-corrected chi connectivity index (χ3v) is 8.16. The molecule has 2 unspecified atom stereocenters. The lowest BCUT2D eigenvalue weighted by Crippen LogP contribution is -2.49. The molecule has 2 aromatic rings. The number of nitrogens with zero attached hydrogens (tertiary/aromatic N) is 2. The van der Waals surface area contributed by atoms with Crippen LogP contribution in [0, 0.1) is 0 Å². The van der Waals surface area contributed by atoms with Crippen LogP contribution in [0.2, 0.25) is 0 Å². The molecule has 9 nitrogen and oxygen atoms in total. The smallest absolute Gasteiger partial charge is 0.269 e. The number of rotatable bonds is 11. The van der Waals surface area contributed by atoms with Gasteiger partial charge >= 0.3 is 0 Å². The summed E-state index contributed by atoms with van der Waals surface area (Å²) >= 11 is 0. The van der Waals surface area contributed by atoms with Gasteiger partial charge in [0.2, 0.25) is 11.8 Å². The van der Waals surface area contributed by atoms with Crippen molar-refractivity contribution in [3.63, 3.8) is 0 Å². The highest BCUT2D eigenvalue weighted by atomic mass is 32.2. The van der Waals surface area contributed by atoms with Crippen molar-refractivity contribution in [1.29, 1.82) is 0 Å². The fourth-order valence-corrected chi connectivity index (χ4v) is 5.59. The van der Waals surface area contributed by atoms with Gasteiger partial charge in [0.25, 0.3) is 15.9 Å². The second kappa shape index (κ2) is 11.6. The Bertz CT molecular complexity index is 1230. The van der Waals surface area contributed by atoms with Crippen molar-refractivity contribution in [2.45, 2.75) is 63.6 Å². The van der Waals surface area contributed by atoms with Gasteiger partial charge in [-0.1, -0.05) is 31.2 Å². The number of sulfonamides is 1. The molecule has 1 N–H and O–H groups in total. The molecule has 1 aliphatic rings. The summed E-state index contributed by atoms with van der Waals surface area (Å²) in [5.41, 5.74) is 0.928. The van der Waals surface area contributed by atoms with Gasteiger partial charge in [0, 0.05) is 25.6 Å². The molecule has 0 aliphatic carbocycles. The third-order valence-electron chi connectivity index (χ3n) is 6.32. The first kappa shape index (κ1) is 27.2. The molecule has 0 radical (unpaired) electrons. The van der Waals surface area contributed by atoms with Crippen LogP contribution in [0.3, 0.4) is 0 Å². The first-order valence-electron chi connectivity index (χ1n) is 12.0. The predicted molar refractivity (Wildman–Crippen MR) is 135 cm³/mol. The topological polar surface area (TPSA) is 113 Å². The molecule has 0 bridgehead atoms. The average Bonchev–Trinajstić information content (AvgIpc) is 3.07. The Morgan fingerprint density at radius 2 is 1.83 bits per heavy atom. The van der Waals surface area contributed by atoms with E-state index < -0.39 is 22.0 Å². The zero-order chi connectivity index (χ0) is 26.5. The van der Waals surface area contributed by atoms with Gasteiger partial charge in [-0.25, -0.2) is 12.7 Å². The first-order valence-corrected chi connectivity index (χ1v) is 13.4. The summed E-state index contributed by atoms with van der Waals surface area (Å²) in [5.74, 6) is -0.541. The summed E-state index contributed by atoms with van der Waals surface area (Å²) < 4.78 is 31.6. The van der Waals surface area contributed by atoms with Crippen LogP contribution >= 0.6 is 0 Å². The predicted octanol–water partition coefficient (Wildman–Crippen LogP) is 2.95. The van der Waals surface area contributed by atoms with Crippen LogP contribution in [0.5, 0.6) is 5.75 Å². The maximum atomic E-state index is 13.3. The Hall–Kier alpha value is -3.40. The SMILES string of the molecule is CCC(C)NC(=O)C(C)N(Cc1cccc(OC)c1)C(=O)CCCN1C(=O)c2ccccc2S1(=O)=O. The molecular weight excluding hydrogens is 482 g/mol. The summed E-state index contributed by atoms with van der Waals surface area (Å²) in [6.07, 6.45) is 0.857. The first-order chi connectivity index (χ1) is 17.1. The summed E-state index contributed by atoms with van der Waals surface area (Å²) in [6, 6.07) is 12.5. The zero-order valence-corrected chi connectivity index (χ0v) is 21.9. The van der Waals surface area contributed by atoms with E-state index >= 15 is 0 Å². The molecule has 1 heterocycles. The maximum absolute atomic E-state index is 13.3. The van der Waals surface area contributed by atoms with Crippen molar-refractivity contribution in [3.05, 3.63) is 59.7 Å². The van der Waals surface area contributed by atoms with Crippen molar-refractivity contribution in [1.82, 2.24) is 14.5 Å². The number of hydrogen-bond donors (Lipinski definition) is 1. The van der Waals surface area contributed by atoms with Gasteiger partial charge in [-0.3, -0.25) is 14.4 Å². The van der Waals surface area contributed by atoms with E-state index in [4.69, 9.17) is 4.74 Å². The van der Waals surface area contributed by atoms with Crippen LogP contribution in [0.4, 0.5) is 0 Å². The van der Waals surface area contributed by atoms with Crippen LogP contribution in [-0.4, -0.2) is 61.1 Å². The van der Waals surface area contributed by atoms with Crippen LogP contribution in [0.15, 0.2) is 53.4 Å². The van der Waals surface area contributed by atoms with E-state index in [0.717, 1.165) is 16.3 Å². The molecule has 0 saturated heterocycles. The van der Waals surface area contributed by atoms with Gasteiger partial charge in [-0.05, 0) is 56.5 Å². The largest absolute Gasteiger partial charge is 0.497 e. The second-order valence-electron chi connectivity index (χ2n) is 8.85. The fourth-order valence-electron chi connectivity index (χ4n) is 3.99. The number of fused-ring (bicyclic) bond motifs is 1. The van der Waals surface area contributed by atoms with E-state index in [1.807, 2.05) is 26.0 Å². The molecule has 3 rings (SSSR count). The number of benzene rings is 2. The summed E-state index contributed by atoms with van der Waals surface area (Å²) in [7, 11) is -2.38. The van der Waals surface area contributed by atoms with Gasteiger partial charge in [0.1, 0.15) is 16.7 Å². The van der Waals surface area contributed by atoms with Crippen molar-refractivity contribution in [3.8, 4) is 5.75 Å². The van der Waals surface area contributed by atoms with Crippen molar-refractivity contribution in [2.75, 3.05) is 13.7 Å². The van der Waals surface area contributed by atoms with Crippen LogP contribution in [0.1, 0.15) is 56.0 Å². The van der Waals surface area contributed by atoms with E-state index in [0.29, 0.717) is 5.75 Å². The second-order valence-corrected chi connectivity index (χ2v) is 10.7. The summed E-state index contributed by atoms with van der Waals surface area (Å²) in [5, 5.41) is 2.91. The summed E-state index contributed by atoms with van der Waals surface area (Å²) in [6.45, 7) is 5.57. The minimum absolute atomic E-state index is 0.0173. The molecule has 10 heteroatoms. The molecule has 0 saturated carbocycles. The van der Waals surface area contributed by atoms with Crippen molar-refractivity contribution in [2.24, 2.45) is 0 Å². The van der Waals surface area contributed by atoms with Gasteiger partial charge in [-0.15, -0.1) is 0 Å². The number of amides is 3. The Balaban J connectivity index is 1.73. The monoisotopic (exact) mass is 515 g/mol. The Labute approximate surface area is 212 Å². The lowest BCUT2D eigenvalue weighted by atomic mass is 10.1. The fraction of sp³-hybridized carbons (Fsp3) is 0.423. The van der Waals surface area contributed by atoms with Crippen molar-refractivity contribution < 1.29 is 27.5 Å². The van der Waals surface area contributed by atoms with E-state index in [2.05, 4.69) is 5.32 Å².